The molecule has 2 heterocycles. The maximum Gasteiger partial charge on any atom is 0.270 e. The first-order valence-corrected chi connectivity index (χ1v) is 7.87. The van der Waals surface area contributed by atoms with Crippen molar-refractivity contribution in [1.29, 1.82) is 0 Å². The zero-order valence-corrected chi connectivity index (χ0v) is 13.9. The molecule has 5 heteroatoms. The van der Waals surface area contributed by atoms with Gasteiger partial charge in [0, 0.05) is 36.8 Å². The van der Waals surface area contributed by atoms with Crippen LogP contribution in [0.5, 0.6) is 0 Å². The second kappa shape index (κ2) is 6.24. The lowest BCUT2D eigenvalue weighted by atomic mass is 9.92. The van der Waals surface area contributed by atoms with E-state index in [4.69, 9.17) is 5.11 Å². The van der Waals surface area contributed by atoms with Gasteiger partial charge in [-0.25, -0.2) is 0 Å². The predicted octanol–water partition coefficient (Wildman–Crippen LogP) is 2.19. The highest BCUT2D eigenvalue weighted by Gasteiger charge is 2.33. The largest absolute Gasteiger partial charge is 0.388 e. The first-order chi connectivity index (χ1) is 10.2. The average molecular weight is 306 g/mol. The predicted molar refractivity (Wildman–Crippen MR) is 85.0 cm³/mol. The van der Waals surface area contributed by atoms with E-state index >= 15 is 0 Å². The Hall–Kier alpha value is -1.62. The standard InChI is InChI=1S/C17H26N2O3/c1-12(2)5-6-18-10-17(3,4)11-19-8-13(15(21)9-20)7-14(19)16(18)22/h7-8,12,20H,5-6,9-11H2,1-4H3. The number of carbonyl (C=O) groups excluding carboxylic acids is 2. The molecule has 122 valence electrons. The van der Waals surface area contributed by atoms with Gasteiger partial charge in [0.15, 0.2) is 5.78 Å². The van der Waals surface area contributed by atoms with Crippen LogP contribution in [0.15, 0.2) is 12.3 Å². The van der Waals surface area contributed by atoms with Gasteiger partial charge in [0.2, 0.25) is 0 Å². The summed E-state index contributed by atoms with van der Waals surface area (Å²) in [5.74, 6) is 0.167. The second-order valence-corrected chi connectivity index (χ2v) is 7.40. The summed E-state index contributed by atoms with van der Waals surface area (Å²) in [7, 11) is 0. The molecule has 0 spiro atoms. The van der Waals surface area contributed by atoms with E-state index in [0.29, 0.717) is 30.3 Å². The summed E-state index contributed by atoms with van der Waals surface area (Å²) in [6.07, 6.45) is 2.66. The molecule has 1 aromatic heterocycles. The minimum atomic E-state index is -0.530. The molecule has 0 fully saturated rings. The van der Waals surface area contributed by atoms with Gasteiger partial charge in [-0.15, -0.1) is 0 Å². The molecule has 1 aromatic rings. The van der Waals surface area contributed by atoms with Crippen LogP contribution in [0, 0.1) is 11.3 Å². The Bertz CT molecular complexity index is 572. The number of amides is 1. The van der Waals surface area contributed by atoms with E-state index in [0.717, 1.165) is 13.0 Å². The summed E-state index contributed by atoms with van der Waals surface area (Å²) in [5.41, 5.74) is 0.898. The Kier molecular flexibility index (Phi) is 4.75. The minimum Gasteiger partial charge on any atom is -0.388 e. The molecule has 0 atom stereocenters. The molecule has 0 unspecified atom stereocenters. The Balaban J connectivity index is 2.34. The summed E-state index contributed by atoms with van der Waals surface area (Å²) in [6.45, 7) is 10.2. The number of hydrogen-bond donors (Lipinski definition) is 1. The van der Waals surface area contributed by atoms with Crippen LogP contribution in [0.2, 0.25) is 0 Å². The summed E-state index contributed by atoms with van der Waals surface area (Å²) < 4.78 is 1.86. The molecular weight excluding hydrogens is 280 g/mol. The van der Waals surface area contributed by atoms with Crippen LogP contribution in [0.1, 0.15) is 55.0 Å². The van der Waals surface area contributed by atoms with Gasteiger partial charge in [0.05, 0.1) is 0 Å². The fourth-order valence-corrected chi connectivity index (χ4v) is 2.92. The molecule has 0 saturated carbocycles. The van der Waals surface area contributed by atoms with Crippen molar-refractivity contribution in [1.82, 2.24) is 9.47 Å². The fourth-order valence-electron chi connectivity index (χ4n) is 2.92. The number of Topliss-reactive ketones (excluding diaryl/α,β-unsaturated/α-hetero) is 1. The van der Waals surface area contributed by atoms with Crippen LogP contribution < -0.4 is 0 Å². The first-order valence-electron chi connectivity index (χ1n) is 7.87. The monoisotopic (exact) mass is 306 g/mol. The van der Waals surface area contributed by atoms with Gasteiger partial charge in [0.25, 0.3) is 5.91 Å². The van der Waals surface area contributed by atoms with Crippen molar-refractivity contribution in [3.8, 4) is 0 Å². The van der Waals surface area contributed by atoms with Gasteiger partial charge in [-0.2, -0.15) is 0 Å². The SMILES string of the molecule is CC(C)CCN1CC(C)(C)Cn2cc(C(=O)CO)cc2C1=O. The number of nitrogens with zero attached hydrogens (tertiary/aromatic N) is 2. The highest BCUT2D eigenvalue weighted by atomic mass is 16.3. The highest BCUT2D eigenvalue weighted by molar-refractivity contribution is 6.01. The van der Waals surface area contributed by atoms with Crippen molar-refractivity contribution in [2.24, 2.45) is 11.3 Å². The van der Waals surface area contributed by atoms with Gasteiger partial charge in [-0.1, -0.05) is 27.7 Å². The second-order valence-electron chi connectivity index (χ2n) is 7.40. The number of hydrogen-bond acceptors (Lipinski definition) is 3. The Morgan fingerprint density at radius 2 is 2.05 bits per heavy atom. The number of ketones is 1. The van der Waals surface area contributed by atoms with Crippen LogP contribution in [0.25, 0.3) is 0 Å². The Labute approximate surface area is 131 Å². The third kappa shape index (κ3) is 3.58. The van der Waals surface area contributed by atoms with E-state index in [1.807, 2.05) is 9.47 Å². The normalized spacial score (nSPS) is 17.5. The smallest absolute Gasteiger partial charge is 0.270 e. The first kappa shape index (κ1) is 16.7. The van der Waals surface area contributed by atoms with Gasteiger partial charge >= 0.3 is 0 Å². The fraction of sp³-hybridized carbons (Fsp3) is 0.647. The Morgan fingerprint density at radius 3 is 2.64 bits per heavy atom. The summed E-state index contributed by atoms with van der Waals surface area (Å²) >= 11 is 0. The van der Waals surface area contributed by atoms with Crippen LogP contribution in [0.4, 0.5) is 0 Å². The quantitative estimate of drug-likeness (QED) is 0.848. The number of aromatic nitrogens is 1. The molecule has 0 aliphatic carbocycles. The van der Waals surface area contributed by atoms with Crippen LogP contribution in [0.3, 0.4) is 0 Å². The molecule has 1 aliphatic rings. The maximum absolute atomic E-state index is 12.8. The zero-order chi connectivity index (χ0) is 16.5. The van der Waals surface area contributed by atoms with Gasteiger partial charge in [-0.3, -0.25) is 9.59 Å². The van der Waals surface area contributed by atoms with Gasteiger partial charge in [-0.05, 0) is 18.4 Å². The number of aliphatic hydroxyl groups excluding tert-OH is 1. The average Bonchev–Trinajstić information content (AvgIpc) is 2.80. The van der Waals surface area contributed by atoms with Crippen molar-refractivity contribution in [3.05, 3.63) is 23.5 Å². The topological polar surface area (TPSA) is 62.5 Å². The molecule has 0 radical (unpaired) electrons. The van der Waals surface area contributed by atoms with Crippen molar-refractivity contribution in [2.75, 3.05) is 19.7 Å². The van der Waals surface area contributed by atoms with E-state index in [1.54, 1.807) is 12.3 Å². The molecule has 1 aliphatic heterocycles. The third-order valence-electron chi connectivity index (χ3n) is 4.06. The molecule has 1 amide bonds. The highest BCUT2D eigenvalue weighted by Crippen LogP contribution is 2.28. The number of carbonyl (C=O) groups is 2. The van der Waals surface area contributed by atoms with Gasteiger partial charge < -0.3 is 14.6 Å². The lowest BCUT2D eigenvalue weighted by Gasteiger charge is -2.30. The molecule has 1 N–H and O–H groups in total. The lowest BCUT2D eigenvalue weighted by Crippen LogP contribution is -2.38. The lowest BCUT2D eigenvalue weighted by molar-refractivity contribution is 0.0694. The van der Waals surface area contributed by atoms with Crippen molar-refractivity contribution in [3.63, 3.8) is 0 Å². The van der Waals surface area contributed by atoms with Crippen molar-refractivity contribution < 1.29 is 14.7 Å². The van der Waals surface area contributed by atoms with Crippen LogP contribution in [-0.4, -0.2) is 46.0 Å². The summed E-state index contributed by atoms with van der Waals surface area (Å²) in [4.78, 5) is 26.4. The maximum atomic E-state index is 12.8. The zero-order valence-electron chi connectivity index (χ0n) is 13.9. The Morgan fingerprint density at radius 1 is 1.36 bits per heavy atom. The van der Waals surface area contributed by atoms with Crippen molar-refractivity contribution in [2.45, 2.75) is 40.7 Å². The molecule has 0 bridgehead atoms. The van der Waals surface area contributed by atoms with E-state index in [-0.39, 0.29) is 17.1 Å². The number of aliphatic hydroxyl groups is 1. The molecule has 5 nitrogen and oxygen atoms in total. The van der Waals surface area contributed by atoms with E-state index in [2.05, 4.69) is 27.7 Å². The van der Waals surface area contributed by atoms with E-state index in [9.17, 15) is 9.59 Å². The van der Waals surface area contributed by atoms with E-state index < -0.39 is 6.61 Å². The molecule has 0 aromatic carbocycles. The van der Waals surface area contributed by atoms with Gasteiger partial charge in [0.1, 0.15) is 12.3 Å². The minimum absolute atomic E-state index is 0.0248. The van der Waals surface area contributed by atoms with E-state index in [1.165, 1.54) is 0 Å². The molecular formula is C17H26N2O3. The molecule has 22 heavy (non-hydrogen) atoms. The van der Waals surface area contributed by atoms with Crippen molar-refractivity contribution >= 4 is 11.7 Å². The molecule has 2 rings (SSSR count). The van der Waals surface area contributed by atoms with Crippen LogP contribution in [-0.2, 0) is 6.54 Å². The summed E-state index contributed by atoms with van der Waals surface area (Å²) in [5, 5.41) is 9.02. The molecule has 0 saturated heterocycles. The number of fused-ring (bicyclic) bond motifs is 1. The summed E-state index contributed by atoms with van der Waals surface area (Å²) in [6, 6.07) is 1.62. The number of rotatable bonds is 5. The van der Waals surface area contributed by atoms with Crippen LogP contribution >= 0.6 is 0 Å². The third-order valence-corrected chi connectivity index (χ3v) is 4.06.